The first-order chi connectivity index (χ1) is 15.2. The van der Waals surface area contributed by atoms with Gasteiger partial charge in [-0.3, -0.25) is 24.0 Å². The molecule has 1 rings (SSSR count). The van der Waals surface area contributed by atoms with Crippen LogP contribution in [0.15, 0.2) is 0 Å². The molecule has 1 aliphatic rings. The van der Waals surface area contributed by atoms with Crippen LogP contribution in [-0.4, -0.2) is 67.2 Å². The molecule has 1 heterocycles. The molecule has 1 unspecified atom stereocenters. The monoisotopic (exact) mass is 460 g/mol. The van der Waals surface area contributed by atoms with Crippen molar-refractivity contribution >= 4 is 29.8 Å². The zero-order chi connectivity index (χ0) is 24.3. The van der Waals surface area contributed by atoms with Crippen LogP contribution in [0.5, 0.6) is 0 Å². The molecule has 0 aromatic carbocycles. The molecule has 0 bridgehead atoms. The second-order valence-corrected chi connectivity index (χ2v) is 6.85. The Kier molecular flexibility index (Phi) is 11.7. The minimum atomic E-state index is -1.41. The summed E-state index contributed by atoms with van der Waals surface area (Å²) in [7, 11) is 0. The number of ether oxygens (including phenoxy) is 6. The van der Waals surface area contributed by atoms with Gasteiger partial charge in [0.25, 0.3) is 0 Å². The van der Waals surface area contributed by atoms with Crippen molar-refractivity contribution in [3.05, 3.63) is 0 Å². The number of hydrogen-bond donors (Lipinski definition) is 0. The van der Waals surface area contributed by atoms with Gasteiger partial charge in [-0.2, -0.15) is 0 Å². The van der Waals surface area contributed by atoms with Gasteiger partial charge in [0.05, 0.1) is 0 Å². The summed E-state index contributed by atoms with van der Waals surface area (Å²) in [6.45, 7) is 7.45. The summed E-state index contributed by atoms with van der Waals surface area (Å²) in [6.07, 6.45) is -6.30. The molecule has 5 atom stereocenters. The number of carbonyl (C=O) groups excluding carboxylic acids is 5. The Morgan fingerprint density at radius 2 is 1.12 bits per heavy atom. The van der Waals surface area contributed by atoms with Crippen molar-refractivity contribution < 1.29 is 52.4 Å². The summed E-state index contributed by atoms with van der Waals surface area (Å²) in [5.41, 5.74) is 0. The van der Waals surface area contributed by atoms with E-state index >= 15 is 0 Å². The van der Waals surface area contributed by atoms with Gasteiger partial charge in [-0.15, -0.1) is 0 Å². The molecule has 0 saturated carbocycles. The molecule has 1 saturated heterocycles. The summed E-state index contributed by atoms with van der Waals surface area (Å²) in [4.78, 5) is 59.7. The fourth-order valence-corrected chi connectivity index (χ4v) is 2.71. The summed E-state index contributed by atoms with van der Waals surface area (Å²) in [6, 6.07) is 0. The molecule has 0 aromatic rings. The third kappa shape index (κ3) is 8.10. The Labute approximate surface area is 187 Å². The first-order valence-corrected chi connectivity index (χ1v) is 10.8. The van der Waals surface area contributed by atoms with Crippen molar-refractivity contribution in [2.45, 2.75) is 97.4 Å². The van der Waals surface area contributed by atoms with E-state index in [0.717, 1.165) is 0 Å². The van der Waals surface area contributed by atoms with Crippen LogP contribution in [0.1, 0.15) is 66.7 Å². The summed E-state index contributed by atoms with van der Waals surface area (Å²) in [5, 5.41) is 0. The van der Waals surface area contributed by atoms with E-state index in [1.165, 1.54) is 0 Å². The average molecular weight is 460 g/mol. The summed E-state index contributed by atoms with van der Waals surface area (Å²) >= 11 is 0. The van der Waals surface area contributed by atoms with E-state index < -0.39 is 67.2 Å². The van der Waals surface area contributed by atoms with Crippen molar-refractivity contribution in [3.8, 4) is 0 Å². The molecule has 0 spiro atoms. The Morgan fingerprint density at radius 3 is 1.62 bits per heavy atom. The van der Waals surface area contributed by atoms with Gasteiger partial charge < -0.3 is 28.4 Å². The van der Waals surface area contributed by atoms with Gasteiger partial charge in [-0.1, -0.05) is 34.6 Å². The van der Waals surface area contributed by atoms with Gasteiger partial charge in [-0.25, -0.2) is 0 Å². The van der Waals surface area contributed by atoms with Crippen molar-refractivity contribution in [2.75, 3.05) is 6.61 Å². The Balaban J connectivity index is 3.31. The lowest BCUT2D eigenvalue weighted by Gasteiger charge is -2.28. The van der Waals surface area contributed by atoms with Gasteiger partial charge in [0.1, 0.15) is 12.7 Å². The highest BCUT2D eigenvalue weighted by molar-refractivity contribution is 5.72. The van der Waals surface area contributed by atoms with E-state index in [1.807, 2.05) is 0 Å². The van der Waals surface area contributed by atoms with Gasteiger partial charge >= 0.3 is 29.8 Å². The number of carbonyl (C=O) groups is 5. The second-order valence-electron chi connectivity index (χ2n) is 6.85. The van der Waals surface area contributed by atoms with E-state index in [1.54, 1.807) is 34.6 Å². The summed E-state index contributed by atoms with van der Waals surface area (Å²) in [5.74, 6) is -3.11. The molecule has 32 heavy (non-hydrogen) atoms. The SMILES string of the molecule is CCC(=O)OC[C@@H](OC(=O)CC)[C@H]1OC(OC(=O)CC)[C@H](OC(=O)CC)[C@H]1OC(=O)CC. The Morgan fingerprint density at radius 1 is 0.656 bits per heavy atom. The minimum absolute atomic E-state index is 0.00130. The maximum absolute atomic E-state index is 12.1. The zero-order valence-electron chi connectivity index (χ0n) is 19.1. The molecule has 0 aromatic heterocycles. The molecule has 1 aliphatic heterocycles. The fourth-order valence-electron chi connectivity index (χ4n) is 2.71. The third-order valence-corrected chi connectivity index (χ3v) is 4.49. The van der Waals surface area contributed by atoms with Crippen LogP contribution in [0.3, 0.4) is 0 Å². The third-order valence-electron chi connectivity index (χ3n) is 4.49. The molecule has 182 valence electrons. The number of rotatable bonds is 12. The van der Waals surface area contributed by atoms with Gasteiger partial charge in [0, 0.05) is 32.1 Å². The van der Waals surface area contributed by atoms with Crippen LogP contribution in [-0.2, 0) is 52.4 Å². The predicted molar refractivity (Wildman–Crippen MR) is 107 cm³/mol. The number of esters is 5. The van der Waals surface area contributed by atoms with Gasteiger partial charge in [0.15, 0.2) is 12.2 Å². The molecule has 1 fully saturated rings. The molecule has 0 amide bonds. The highest BCUT2D eigenvalue weighted by Gasteiger charge is 2.55. The van der Waals surface area contributed by atoms with E-state index in [2.05, 4.69) is 0 Å². The van der Waals surface area contributed by atoms with E-state index in [-0.39, 0.29) is 32.1 Å². The molecule has 0 N–H and O–H groups in total. The normalized spacial score (nSPS) is 23.0. The summed E-state index contributed by atoms with van der Waals surface area (Å²) < 4.78 is 32.3. The molecule has 0 aliphatic carbocycles. The van der Waals surface area contributed by atoms with E-state index in [0.29, 0.717) is 0 Å². The fraction of sp³-hybridized carbons (Fsp3) is 0.762. The lowest BCUT2D eigenvalue weighted by molar-refractivity contribution is -0.205. The zero-order valence-corrected chi connectivity index (χ0v) is 19.1. The first-order valence-electron chi connectivity index (χ1n) is 10.8. The van der Waals surface area contributed by atoms with E-state index in [9.17, 15) is 24.0 Å². The smallest absolute Gasteiger partial charge is 0.307 e. The van der Waals surface area contributed by atoms with Crippen LogP contribution in [0.2, 0.25) is 0 Å². The number of hydrogen-bond acceptors (Lipinski definition) is 11. The van der Waals surface area contributed by atoms with Crippen molar-refractivity contribution in [2.24, 2.45) is 0 Å². The topological polar surface area (TPSA) is 141 Å². The van der Waals surface area contributed by atoms with Crippen LogP contribution in [0.25, 0.3) is 0 Å². The minimum Gasteiger partial charge on any atom is -0.462 e. The largest absolute Gasteiger partial charge is 0.462 e. The van der Waals surface area contributed by atoms with Crippen LogP contribution in [0, 0.1) is 0 Å². The second kappa shape index (κ2) is 13.7. The van der Waals surface area contributed by atoms with E-state index in [4.69, 9.17) is 28.4 Å². The first kappa shape index (κ1) is 27.3. The van der Waals surface area contributed by atoms with Crippen LogP contribution in [0.4, 0.5) is 0 Å². The van der Waals surface area contributed by atoms with Crippen molar-refractivity contribution in [3.63, 3.8) is 0 Å². The lowest BCUT2D eigenvalue weighted by atomic mass is 10.1. The molecular formula is C21H32O11. The Hall–Kier alpha value is -2.69. The maximum Gasteiger partial charge on any atom is 0.307 e. The molecule has 11 nitrogen and oxygen atoms in total. The quantitative estimate of drug-likeness (QED) is 0.309. The standard InChI is InChI=1S/C21H32O11/c1-6-13(22)27-11-12(28-14(23)7-2)18-19(29-15(24)8-3)20(30-16(25)9-4)21(32-18)31-17(26)10-5/h12,18-21H,6-11H2,1-5H3/t12-,18-,19+,20-,21?/m1/s1. The van der Waals surface area contributed by atoms with Crippen molar-refractivity contribution in [1.82, 2.24) is 0 Å². The molecule has 11 heteroatoms. The van der Waals surface area contributed by atoms with Gasteiger partial charge in [-0.05, 0) is 0 Å². The molecular weight excluding hydrogens is 428 g/mol. The Bertz CT molecular complexity index is 675. The van der Waals surface area contributed by atoms with Crippen LogP contribution < -0.4 is 0 Å². The van der Waals surface area contributed by atoms with Crippen molar-refractivity contribution in [1.29, 1.82) is 0 Å². The average Bonchev–Trinajstić information content (AvgIpc) is 3.11. The highest BCUT2D eigenvalue weighted by Crippen LogP contribution is 2.32. The maximum atomic E-state index is 12.1. The van der Waals surface area contributed by atoms with Crippen LogP contribution >= 0.6 is 0 Å². The molecule has 0 radical (unpaired) electrons. The highest BCUT2D eigenvalue weighted by atomic mass is 16.8. The lowest BCUT2D eigenvalue weighted by Crippen LogP contribution is -2.47. The van der Waals surface area contributed by atoms with Gasteiger partial charge in [0.2, 0.25) is 12.4 Å². The predicted octanol–water partition coefficient (Wildman–Crippen LogP) is 1.58.